The molecular formula is C17H20N4O3S. The Morgan fingerprint density at radius 2 is 2.20 bits per heavy atom. The standard InChI is InChI=1S/C17H20N4O3S/c1-3-6-25-17-20-15-14(16(23)21-17)11(8-13(22)19-15)10-5-4-9(24-2)7-12(10)18/h4-5,7,11H,3,6,8,18H2,1-2H3,(H2,19,20,21,22,23). The van der Waals surface area contributed by atoms with Crippen molar-refractivity contribution in [1.82, 2.24) is 9.97 Å². The third-order valence-electron chi connectivity index (χ3n) is 4.04. The summed E-state index contributed by atoms with van der Waals surface area (Å²) in [5, 5.41) is 3.22. The van der Waals surface area contributed by atoms with Crippen LogP contribution in [0, 0.1) is 0 Å². The van der Waals surface area contributed by atoms with Crippen LogP contribution in [0.4, 0.5) is 11.5 Å². The van der Waals surface area contributed by atoms with Crippen LogP contribution in [-0.2, 0) is 4.79 Å². The fourth-order valence-electron chi connectivity index (χ4n) is 2.88. The normalized spacial score (nSPS) is 16.2. The molecule has 0 radical (unpaired) electrons. The quantitative estimate of drug-likeness (QED) is 0.429. The molecule has 0 bridgehead atoms. The van der Waals surface area contributed by atoms with Gasteiger partial charge in [0, 0.05) is 29.8 Å². The van der Waals surface area contributed by atoms with E-state index in [-0.39, 0.29) is 17.9 Å². The molecule has 8 heteroatoms. The van der Waals surface area contributed by atoms with Crippen LogP contribution in [0.15, 0.2) is 28.2 Å². The summed E-state index contributed by atoms with van der Waals surface area (Å²) in [5.74, 6) is 1.16. The molecule has 4 N–H and O–H groups in total. The number of carbonyl (C=O) groups is 1. The van der Waals surface area contributed by atoms with Gasteiger partial charge in [0.15, 0.2) is 5.16 Å². The second-order valence-corrected chi connectivity index (χ2v) is 6.87. The molecule has 1 atom stereocenters. The number of thioether (sulfide) groups is 1. The maximum Gasteiger partial charge on any atom is 0.257 e. The van der Waals surface area contributed by atoms with Gasteiger partial charge in [0.05, 0.1) is 12.7 Å². The molecule has 0 saturated carbocycles. The first-order valence-electron chi connectivity index (χ1n) is 8.03. The Hall–Kier alpha value is -2.48. The van der Waals surface area contributed by atoms with Crippen LogP contribution in [0.5, 0.6) is 5.75 Å². The second-order valence-electron chi connectivity index (χ2n) is 5.78. The van der Waals surface area contributed by atoms with Gasteiger partial charge in [0.1, 0.15) is 11.6 Å². The van der Waals surface area contributed by atoms with Gasteiger partial charge < -0.3 is 20.8 Å². The lowest BCUT2D eigenvalue weighted by atomic mass is 9.86. The van der Waals surface area contributed by atoms with Crippen molar-refractivity contribution in [3.63, 3.8) is 0 Å². The van der Waals surface area contributed by atoms with Gasteiger partial charge in [-0.05, 0) is 18.1 Å². The summed E-state index contributed by atoms with van der Waals surface area (Å²) in [6.07, 6.45) is 1.11. The van der Waals surface area contributed by atoms with Gasteiger partial charge in [0.2, 0.25) is 5.91 Å². The molecule has 25 heavy (non-hydrogen) atoms. The highest BCUT2D eigenvalue weighted by Gasteiger charge is 2.32. The van der Waals surface area contributed by atoms with E-state index in [1.165, 1.54) is 11.8 Å². The first kappa shape index (κ1) is 17.3. The number of hydrogen-bond donors (Lipinski definition) is 3. The minimum Gasteiger partial charge on any atom is -0.497 e. The number of amides is 1. The van der Waals surface area contributed by atoms with Crippen LogP contribution < -0.4 is 21.3 Å². The Morgan fingerprint density at radius 3 is 2.88 bits per heavy atom. The molecule has 0 saturated heterocycles. The molecule has 1 aliphatic rings. The monoisotopic (exact) mass is 360 g/mol. The Balaban J connectivity index is 2.07. The largest absolute Gasteiger partial charge is 0.497 e. The number of anilines is 2. The molecule has 0 spiro atoms. The molecule has 132 valence electrons. The number of nitrogens with zero attached hydrogens (tertiary/aromatic N) is 1. The van der Waals surface area contributed by atoms with E-state index < -0.39 is 5.92 Å². The average Bonchev–Trinajstić information content (AvgIpc) is 2.58. The molecule has 2 heterocycles. The van der Waals surface area contributed by atoms with Crippen molar-refractivity contribution in [1.29, 1.82) is 0 Å². The lowest BCUT2D eigenvalue weighted by molar-refractivity contribution is -0.116. The van der Waals surface area contributed by atoms with E-state index in [2.05, 4.69) is 15.3 Å². The van der Waals surface area contributed by atoms with Crippen LogP contribution in [0.1, 0.15) is 36.8 Å². The number of rotatable bonds is 5. The summed E-state index contributed by atoms with van der Waals surface area (Å²) in [7, 11) is 1.56. The molecule has 7 nitrogen and oxygen atoms in total. The highest BCUT2D eigenvalue weighted by Crippen LogP contribution is 2.38. The predicted molar refractivity (Wildman–Crippen MR) is 98.4 cm³/mol. The van der Waals surface area contributed by atoms with Gasteiger partial charge in [-0.15, -0.1) is 0 Å². The number of carbonyl (C=O) groups excluding carboxylic acids is 1. The summed E-state index contributed by atoms with van der Waals surface area (Å²) in [6.45, 7) is 2.05. The Bertz CT molecular complexity index is 865. The van der Waals surface area contributed by atoms with E-state index in [9.17, 15) is 9.59 Å². The minimum absolute atomic E-state index is 0.149. The number of benzene rings is 1. The number of methoxy groups -OCH3 is 1. The summed E-state index contributed by atoms with van der Waals surface area (Å²) >= 11 is 1.45. The predicted octanol–water partition coefficient (Wildman–Crippen LogP) is 2.34. The van der Waals surface area contributed by atoms with Crippen LogP contribution in [0.2, 0.25) is 0 Å². The number of H-pyrrole nitrogens is 1. The topological polar surface area (TPSA) is 110 Å². The summed E-state index contributed by atoms with van der Waals surface area (Å²) in [4.78, 5) is 32.0. The maximum atomic E-state index is 12.6. The van der Waals surface area contributed by atoms with Crippen LogP contribution in [0.25, 0.3) is 0 Å². The number of ether oxygens (including phenoxy) is 1. The van der Waals surface area contributed by atoms with Crippen molar-refractivity contribution in [2.45, 2.75) is 30.8 Å². The molecule has 1 aliphatic heterocycles. The molecule has 1 unspecified atom stereocenters. The molecule has 3 rings (SSSR count). The fraction of sp³-hybridized carbons (Fsp3) is 0.353. The number of aromatic nitrogens is 2. The number of hydrogen-bond acceptors (Lipinski definition) is 6. The highest BCUT2D eigenvalue weighted by molar-refractivity contribution is 7.99. The Morgan fingerprint density at radius 1 is 1.40 bits per heavy atom. The summed E-state index contributed by atoms with van der Waals surface area (Å²) in [6, 6.07) is 5.25. The van der Waals surface area contributed by atoms with Crippen LogP contribution in [0.3, 0.4) is 0 Å². The summed E-state index contributed by atoms with van der Waals surface area (Å²) in [5.41, 5.74) is 7.52. The van der Waals surface area contributed by atoms with Gasteiger partial charge in [0.25, 0.3) is 5.56 Å². The van der Waals surface area contributed by atoms with Gasteiger partial charge in [-0.25, -0.2) is 4.98 Å². The van der Waals surface area contributed by atoms with Gasteiger partial charge in [-0.3, -0.25) is 9.59 Å². The number of nitrogens with one attached hydrogen (secondary N) is 2. The van der Waals surface area contributed by atoms with E-state index in [4.69, 9.17) is 10.5 Å². The van der Waals surface area contributed by atoms with Crippen molar-refractivity contribution >= 4 is 29.2 Å². The zero-order valence-corrected chi connectivity index (χ0v) is 14.9. The number of aromatic amines is 1. The minimum atomic E-state index is -0.434. The van der Waals surface area contributed by atoms with Crippen molar-refractivity contribution in [3.05, 3.63) is 39.7 Å². The van der Waals surface area contributed by atoms with Gasteiger partial charge in [-0.2, -0.15) is 0 Å². The first-order valence-corrected chi connectivity index (χ1v) is 9.02. The summed E-state index contributed by atoms with van der Waals surface area (Å²) < 4.78 is 5.16. The highest BCUT2D eigenvalue weighted by atomic mass is 32.2. The molecule has 0 fully saturated rings. The van der Waals surface area contributed by atoms with E-state index in [1.807, 2.05) is 6.92 Å². The smallest absolute Gasteiger partial charge is 0.257 e. The Kier molecular flexibility index (Phi) is 4.98. The van der Waals surface area contributed by atoms with Gasteiger partial charge >= 0.3 is 0 Å². The van der Waals surface area contributed by atoms with Crippen molar-refractivity contribution in [2.24, 2.45) is 0 Å². The van der Waals surface area contributed by atoms with E-state index >= 15 is 0 Å². The van der Waals surface area contributed by atoms with Gasteiger partial charge in [-0.1, -0.05) is 24.8 Å². The van der Waals surface area contributed by atoms with E-state index in [0.717, 1.165) is 17.7 Å². The lowest BCUT2D eigenvalue weighted by Crippen LogP contribution is -2.31. The van der Waals surface area contributed by atoms with Crippen LogP contribution >= 0.6 is 11.8 Å². The SMILES string of the molecule is CCCSc1nc2c(c(=O)[nH]1)C(c1ccc(OC)cc1N)CC(=O)N2. The van der Waals surface area contributed by atoms with Crippen LogP contribution in [-0.4, -0.2) is 28.7 Å². The molecule has 2 aromatic rings. The molecule has 1 aromatic carbocycles. The third-order valence-corrected chi connectivity index (χ3v) is 5.12. The zero-order valence-electron chi connectivity index (χ0n) is 14.1. The molecule has 1 amide bonds. The molecule has 1 aromatic heterocycles. The molecule has 0 aliphatic carbocycles. The van der Waals surface area contributed by atoms with Crippen molar-refractivity contribution < 1.29 is 9.53 Å². The van der Waals surface area contributed by atoms with Crippen molar-refractivity contribution in [2.75, 3.05) is 23.9 Å². The molecular weight excluding hydrogens is 340 g/mol. The van der Waals surface area contributed by atoms with E-state index in [1.54, 1.807) is 25.3 Å². The number of fused-ring (bicyclic) bond motifs is 1. The second kappa shape index (κ2) is 7.18. The fourth-order valence-corrected chi connectivity index (χ4v) is 3.60. The third kappa shape index (κ3) is 3.48. The first-order chi connectivity index (χ1) is 12.0. The van der Waals surface area contributed by atoms with Crippen molar-refractivity contribution in [3.8, 4) is 5.75 Å². The average molecular weight is 360 g/mol. The number of nitrogens with two attached hydrogens (primary N) is 1. The van der Waals surface area contributed by atoms with E-state index in [0.29, 0.717) is 28.0 Å². The zero-order chi connectivity index (χ0) is 18.0. The number of nitrogen functional groups attached to an aromatic ring is 1. The lowest BCUT2D eigenvalue weighted by Gasteiger charge is -2.25. The Labute approximate surface area is 149 Å². The maximum absolute atomic E-state index is 12.6.